The average molecular weight is 306 g/mol. The minimum absolute atomic E-state index is 0.0441. The summed E-state index contributed by atoms with van der Waals surface area (Å²) in [5, 5.41) is 0.346. The van der Waals surface area contributed by atoms with Crippen molar-refractivity contribution in [2.75, 3.05) is 38.3 Å². The van der Waals surface area contributed by atoms with Gasteiger partial charge in [-0.15, -0.1) is 0 Å². The van der Waals surface area contributed by atoms with E-state index >= 15 is 0 Å². The Morgan fingerprint density at radius 3 is 2.42 bits per heavy atom. The number of halogens is 2. The first-order valence-electron chi connectivity index (χ1n) is 5.73. The largest absolute Gasteiger partial charge is 0.469 e. The van der Waals surface area contributed by atoms with E-state index in [9.17, 15) is 4.79 Å². The highest BCUT2D eigenvalue weighted by Crippen LogP contribution is 2.25. The normalized spacial score (nSPS) is 15.4. The molecule has 1 fully saturated rings. The second-order valence-corrected chi connectivity index (χ2v) is 4.65. The number of anilines is 1. The third-order valence-corrected chi connectivity index (χ3v) is 3.36. The SMILES string of the molecule is COC(=O)Cc1c(Cl)nc(N2CCOCC2)nc1Cl. The van der Waals surface area contributed by atoms with Crippen molar-refractivity contribution in [1.29, 1.82) is 0 Å². The zero-order chi connectivity index (χ0) is 13.8. The van der Waals surface area contributed by atoms with Gasteiger partial charge in [0.25, 0.3) is 0 Å². The fourth-order valence-electron chi connectivity index (χ4n) is 1.69. The molecular weight excluding hydrogens is 293 g/mol. The third-order valence-electron chi connectivity index (χ3n) is 2.74. The zero-order valence-electron chi connectivity index (χ0n) is 10.4. The zero-order valence-corrected chi connectivity index (χ0v) is 11.9. The molecule has 0 amide bonds. The van der Waals surface area contributed by atoms with Crippen molar-refractivity contribution in [2.45, 2.75) is 6.42 Å². The number of rotatable bonds is 3. The molecule has 0 spiro atoms. The van der Waals surface area contributed by atoms with Crippen molar-refractivity contribution < 1.29 is 14.3 Å². The Morgan fingerprint density at radius 1 is 1.32 bits per heavy atom. The van der Waals surface area contributed by atoms with Crippen molar-refractivity contribution >= 4 is 35.1 Å². The van der Waals surface area contributed by atoms with Gasteiger partial charge in [-0.1, -0.05) is 23.2 Å². The van der Waals surface area contributed by atoms with E-state index in [-0.39, 0.29) is 16.7 Å². The Labute approximate surface area is 120 Å². The average Bonchev–Trinajstić information content (AvgIpc) is 2.43. The first-order valence-corrected chi connectivity index (χ1v) is 6.49. The number of aromatic nitrogens is 2. The van der Waals surface area contributed by atoms with Crippen molar-refractivity contribution in [3.63, 3.8) is 0 Å². The molecular formula is C11H13Cl2N3O3. The molecule has 1 aromatic heterocycles. The summed E-state index contributed by atoms with van der Waals surface area (Å²) >= 11 is 12.1. The molecule has 0 saturated carbocycles. The standard InChI is InChI=1S/C11H13Cl2N3O3/c1-18-8(17)6-7-9(12)14-11(15-10(7)13)16-2-4-19-5-3-16/h2-6H2,1H3. The van der Waals surface area contributed by atoms with E-state index in [2.05, 4.69) is 14.7 Å². The lowest BCUT2D eigenvalue weighted by atomic mass is 10.2. The molecule has 104 valence electrons. The van der Waals surface area contributed by atoms with Gasteiger partial charge in [0.2, 0.25) is 5.95 Å². The molecule has 0 aromatic carbocycles. The number of hydrogen-bond donors (Lipinski definition) is 0. The summed E-state index contributed by atoms with van der Waals surface area (Å²) in [7, 11) is 1.30. The van der Waals surface area contributed by atoms with Gasteiger partial charge in [-0.05, 0) is 0 Å². The number of carbonyl (C=O) groups excluding carboxylic acids is 1. The van der Waals surface area contributed by atoms with Crippen LogP contribution in [0.15, 0.2) is 0 Å². The molecule has 8 heteroatoms. The second kappa shape index (κ2) is 6.36. The van der Waals surface area contributed by atoms with Gasteiger partial charge in [0, 0.05) is 18.7 Å². The first-order chi connectivity index (χ1) is 9.11. The van der Waals surface area contributed by atoms with E-state index in [4.69, 9.17) is 27.9 Å². The molecule has 0 unspecified atom stereocenters. The molecule has 0 bridgehead atoms. The van der Waals surface area contributed by atoms with Crippen LogP contribution >= 0.6 is 23.2 Å². The molecule has 1 aliphatic rings. The van der Waals surface area contributed by atoms with Gasteiger partial charge in [0.15, 0.2) is 0 Å². The maximum absolute atomic E-state index is 11.3. The number of hydrogen-bond acceptors (Lipinski definition) is 6. The Kier molecular flexibility index (Phi) is 4.79. The van der Waals surface area contributed by atoms with Crippen molar-refractivity contribution in [3.05, 3.63) is 15.9 Å². The predicted octanol–water partition coefficient (Wildman–Crippen LogP) is 1.34. The van der Waals surface area contributed by atoms with Crippen LogP contribution in [0.4, 0.5) is 5.95 Å². The van der Waals surface area contributed by atoms with Crippen LogP contribution in [0.25, 0.3) is 0 Å². The van der Waals surface area contributed by atoms with Crippen LogP contribution < -0.4 is 4.90 Å². The summed E-state index contributed by atoms with van der Waals surface area (Å²) in [5.74, 6) is 0.0124. The number of carbonyl (C=O) groups is 1. The Bertz CT molecular complexity index is 455. The van der Waals surface area contributed by atoms with Crippen LogP contribution in [0.2, 0.25) is 10.3 Å². The summed E-state index contributed by atoms with van der Waals surface area (Å²) in [6.07, 6.45) is -0.0441. The lowest BCUT2D eigenvalue weighted by Gasteiger charge is -2.27. The van der Waals surface area contributed by atoms with E-state index in [0.29, 0.717) is 37.8 Å². The van der Waals surface area contributed by atoms with E-state index < -0.39 is 5.97 Å². The minimum atomic E-state index is -0.438. The number of ether oxygens (including phenoxy) is 2. The smallest absolute Gasteiger partial charge is 0.310 e. The summed E-state index contributed by atoms with van der Waals surface area (Å²) < 4.78 is 9.82. The van der Waals surface area contributed by atoms with Gasteiger partial charge in [-0.3, -0.25) is 4.79 Å². The topological polar surface area (TPSA) is 64.5 Å². The molecule has 19 heavy (non-hydrogen) atoms. The second-order valence-electron chi connectivity index (χ2n) is 3.94. The minimum Gasteiger partial charge on any atom is -0.469 e. The molecule has 2 heterocycles. The number of esters is 1. The predicted molar refractivity (Wildman–Crippen MR) is 70.8 cm³/mol. The number of nitrogens with zero attached hydrogens (tertiary/aromatic N) is 3. The highest BCUT2D eigenvalue weighted by molar-refractivity contribution is 6.35. The summed E-state index contributed by atoms with van der Waals surface area (Å²) in [6, 6.07) is 0. The highest BCUT2D eigenvalue weighted by atomic mass is 35.5. The van der Waals surface area contributed by atoms with Crippen molar-refractivity contribution in [2.24, 2.45) is 0 Å². The van der Waals surface area contributed by atoms with E-state index in [1.807, 2.05) is 4.90 Å². The van der Waals surface area contributed by atoms with Gasteiger partial charge in [-0.2, -0.15) is 0 Å². The molecule has 0 atom stereocenters. The van der Waals surface area contributed by atoms with Crippen LogP contribution in [-0.4, -0.2) is 49.4 Å². The Hall–Kier alpha value is -1.11. The van der Waals surface area contributed by atoms with Gasteiger partial charge in [0.05, 0.1) is 26.7 Å². The quantitative estimate of drug-likeness (QED) is 0.620. The van der Waals surface area contributed by atoms with E-state index in [1.54, 1.807) is 0 Å². The number of morpholine rings is 1. The summed E-state index contributed by atoms with van der Waals surface area (Å²) in [4.78, 5) is 21.5. The molecule has 2 rings (SSSR count). The molecule has 0 N–H and O–H groups in total. The van der Waals surface area contributed by atoms with Crippen LogP contribution in [0.3, 0.4) is 0 Å². The van der Waals surface area contributed by atoms with Crippen LogP contribution in [0.1, 0.15) is 5.56 Å². The third kappa shape index (κ3) is 3.46. The first kappa shape index (κ1) is 14.3. The fraction of sp³-hybridized carbons (Fsp3) is 0.545. The maximum Gasteiger partial charge on any atom is 0.310 e. The van der Waals surface area contributed by atoms with Crippen LogP contribution in [0, 0.1) is 0 Å². The van der Waals surface area contributed by atoms with Crippen molar-refractivity contribution in [3.8, 4) is 0 Å². The molecule has 1 saturated heterocycles. The summed E-state index contributed by atoms with van der Waals surface area (Å²) in [6.45, 7) is 2.59. The monoisotopic (exact) mass is 305 g/mol. The number of methoxy groups -OCH3 is 1. The Balaban J connectivity index is 2.22. The van der Waals surface area contributed by atoms with Gasteiger partial charge < -0.3 is 14.4 Å². The molecule has 6 nitrogen and oxygen atoms in total. The lowest BCUT2D eigenvalue weighted by molar-refractivity contribution is -0.139. The lowest BCUT2D eigenvalue weighted by Crippen LogP contribution is -2.37. The van der Waals surface area contributed by atoms with E-state index in [1.165, 1.54) is 7.11 Å². The molecule has 0 aliphatic carbocycles. The fourth-order valence-corrected chi connectivity index (χ4v) is 2.20. The van der Waals surface area contributed by atoms with Crippen LogP contribution in [-0.2, 0) is 20.7 Å². The van der Waals surface area contributed by atoms with Gasteiger partial charge in [0.1, 0.15) is 10.3 Å². The molecule has 0 radical (unpaired) electrons. The molecule has 1 aromatic rings. The summed E-state index contributed by atoms with van der Waals surface area (Å²) in [5.41, 5.74) is 0.382. The van der Waals surface area contributed by atoms with Crippen LogP contribution in [0.5, 0.6) is 0 Å². The van der Waals surface area contributed by atoms with Gasteiger partial charge in [-0.25, -0.2) is 9.97 Å². The Morgan fingerprint density at radius 2 is 1.89 bits per heavy atom. The van der Waals surface area contributed by atoms with Crippen molar-refractivity contribution in [1.82, 2.24) is 9.97 Å². The van der Waals surface area contributed by atoms with Gasteiger partial charge >= 0.3 is 5.97 Å². The molecule has 1 aliphatic heterocycles. The van der Waals surface area contributed by atoms with E-state index in [0.717, 1.165) is 0 Å². The highest BCUT2D eigenvalue weighted by Gasteiger charge is 2.19. The maximum atomic E-state index is 11.3.